The van der Waals surface area contributed by atoms with Crippen molar-refractivity contribution in [3.05, 3.63) is 94.0 Å². The molecule has 0 nitrogen and oxygen atoms in total. The van der Waals surface area contributed by atoms with Crippen LogP contribution in [0.25, 0.3) is 53.9 Å². The molecule has 0 fully saturated rings. The molecule has 0 saturated heterocycles. The van der Waals surface area contributed by atoms with Gasteiger partial charge >= 0.3 is 0 Å². The zero-order chi connectivity index (χ0) is 33.1. The summed E-state index contributed by atoms with van der Waals surface area (Å²) in [5.41, 5.74) is 7.38. The van der Waals surface area contributed by atoms with E-state index < -0.39 is 0 Å². The van der Waals surface area contributed by atoms with E-state index in [4.69, 9.17) is 0 Å². The molecular weight excluding hydrogens is 553 g/mol. The van der Waals surface area contributed by atoms with E-state index in [0.717, 1.165) is 16.7 Å². The van der Waals surface area contributed by atoms with Crippen molar-refractivity contribution in [1.29, 1.82) is 0 Å². The Morgan fingerprint density at radius 1 is 0.370 bits per heavy atom. The summed E-state index contributed by atoms with van der Waals surface area (Å²) in [5, 5.41) is 13.9. The fourth-order valence-corrected chi connectivity index (χ4v) is 7.93. The number of benzene rings is 6. The smallest absolute Gasteiger partial charge is 0.0371 e. The van der Waals surface area contributed by atoms with Crippen LogP contribution in [-0.4, -0.2) is 0 Å². The van der Waals surface area contributed by atoms with E-state index in [9.17, 15) is 0 Å². The van der Waals surface area contributed by atoms with Gasteiger partial charge in [-0.15, -0.1) is 0 Å². The molecule has 0 aliphatic carbocycles. The fraction of sp³-hybridized carbons (Fsp3) is 0.348. The molecule has 0 N–H and O–H groups in total. The van der Waals surface area contributed by atoms with E-state index in [-0.39, 0.29) is 21.7 Å². The van der Waals surface area contributed by atoms with Gasteiger partial charge in [-0.1, -0.05) is 122 Å². The van der Waals surface area contributed by atoms with Gasteiger partial charge in [0.25, 0.3) is 0 Å². The summed E-state index contributed by atoms with van der Waals surface area (Å²) in [5.74, 6) is 14.0. The Morgan fingerprint density at radius 2 is 0.761 bits per heavy atom. The predicted molar refractivity (Wildman–Crippen MR) is 202 cm³/mol. The zero-order valence-corrected chi connectivity index (χ0v) is 29.8. The summed E-state index contributed by atoms with van der Waals surface area (Å²) >= 11 is 0. The Morgan fingerprint density at radius 3 is 1.24 bits per heavy atom. The predicted octanol–water partition coefficient (Wildman–Crippen LogP) is 12.5. The van der Waals surface area contributed by atoms with Gasteiger partial charge in [0, 0.05) is 22.1 Å². The molecule has 7 aromatic carbocycles. The molecule has 0 spiro atoms. The first-order chi connectivity index (χ1) is 21.4. The van der Waals surface area contributed by atoms with Gasteiger partial charge in [0.05, 0.1) is 0 Å². The average Bonchev–Trinajstić information content (AvgIpc) is 3.31. The Kier molecular flexibility index (Phi) is 6.36. The Balaban J connectivity index is 1.61. The van der Waals surface area contributed by atoms with Gasteiger partial charge in [0.2, 0.25) is 0 Å². The maximum atomic E-state index is 3.75. The van der Waals surface area contributed by atoms with Crippen LogP contribution in [-0.2, 0) is 16.2 Å². The lowest BCUT2D eigenvalue weighted by molar-refractivity contribution is 0.539. The van der Waals surface area contributed by atoms with Gasteiger partial charge in [-0.25, -0.2) is 0 Å². The maximum Gasteiger partial charge on any atom is 0.0371 e. The second-order valence-corrected chi connectivity index (χ2v) is 17.6. The third kappa shape index (κ3) is 4.61. The van der Waals surface area contributed by atoms with Gasteiger partial charge in [0.15, 0.2) is 0 Å². The molecule has 0 radical (unpaired) electrons. The van der Waals surface area contributed by atoms with Crippen molar-refractivity contribution in [2.45, 2.75) is 99.3 Å². The van der Waals surface area contributed by atoms with Gasteiger partial charge in [-0.2, -0.15) is 0 Å². The molecule has 46 heavy (non-hydrogen) atoms. The number of rotatable bonds is 0. The molecule has 7 aromatic rings. The lowest BCUT2D eigenvalue weighted by atomic mass is 9.70. The molecular formula is C46H46. The monoisotopic (exact) mass is 598 g/mol. The second-order valence-electron chi connectivity index (χ2n) is 17.6. The quantitative estimate of drug-likeness (QED) is 0.120. The van der Waals surface area contributed by atoms with E-state index in [1.165, 1.54) is 70.6 Å². The van der Waals surface area contributed by atoms with Crippen molar-refractivity contribution in [2.24, 2.45) is 5.41 Å². The third-order valence-electron chi connectivity index (χ3n) is 9.52. The Labute approximate surface area is 275 Å². The highest BCUT2D eigenvalue weighted by atomic mass is 14.4. The van der Waals surface area contributed by atoms with E-state index in [2.05, 4.69) is 167 Å². The standard InChI is InChI=1S/C46H46/c1-43(2,3)26-25-28-15-13-27(14-16-28)17-20-31-30-23-24-34-39-36(30)37-32(40(31)44(4,5)6)21-18-29-19-22-33(38(39)35(29)37)41(45(7,8)9)42(34)46(10,11)12/h13-16,18-19,21-24H,1-12H3. The van der Waals surface area contributed by atoms with E-state index in [1.54, 1.807) is 0 Å². The summed E-state index contributed by atoms with van der Waals surface area (Å²) in [7, 11) is 0. The van der Waals surface area contributed by atoms with Crippen LogP contribution in [0.2, 0.25) is 0 Å². The summed E-state index contributed by atoms with van der Waals surface area (Å²) < 4.78 is 0. The van der Waals surface area contributed by atoms with E-state index >= 15 is 0 Å². The Bertz CT molecular complexity index is 2410. The molecule has 230 valence electrons. The van der Waals surface area contributed by atoms with Crippen molar-refractivity contribution >= 4 is 53.9 Å². The normalized spacial score (nSPS) is 13.3. The van der Waals surface area contributed by atoms with E-state index in [1.807, 2.05) is 0 Å². The van der Waals surface area contributed by atoms with Crippen LogP contribution in [0.3, 0.4) is 0 Å². The van der Waals surface area contributed by atoms with Gasteiger partial charge in [-0.05, 0) is 132 Å². The molecule has 0 unspecified atom stereocenters. The van der Waals surface area contributed by atoms with Crippen molar-refractivity contribution in [3.8, 4) is 23.7 Å². The highest BCUT2D eigenvalue weighted by Crippen LogP contribution is 2.55. The minimum absolute atomic E-state index is 0.00316. The molecule has 0 saturated carbocycles. The van der Waals surface area contributed by atoms with Crippen molar-refractivity contribution in [3.63, 3.8) is 0 Å². The first-order valence-electron chi connectivity index (χ1n) is 16.8. The SMILES string of the molecule is CC(C)(C)C#Cc1ccc(C#Cc2c(C(C)(C)C)c3ccc4ccc5c(C(C)(C)C)c(C(C)(C)C)c6ccc2c2c3c4c5c62)cc1. The number of hydrogen-bond acceptors (Lipinski definition) is 0. The van der Waals surface area contributed by atoms with Crippen LogP contribution >= 0.6 is 0 Å². The molecule has 0 amide bonds. The van der Waals surface area contributed by atoms with Crippen LogP contribution < -0.4 is 0 Å². The molecule has 7 rings (SSSR count). The van der Waals surface area contributed by atoms with Crippen molar-refractivity contribution in [1.82, 2.24) is 0 Å². The first kappa shape index (κ1) is 30.4. The molecule has 0 aliphatic heterocycles. The topological polar surface area (TPSA) is 0 Å². The highest BCUT2D eigenvalue weighted by Gasteiger charge is 2.34. The minimum Gasteiger partial charge on any atom is -0.0920 e. The highest BCUT2D eigenvalue weighted by molar-refractivity contribution is 6.45. The van der Waals surface area contributed by atoms with Crippen LogP contribution in [0.1, 0.15) is 116 Å². The fourth-order valence-electron chi connectivity index (χ4n) is 7.93. The van der Waals surface area contributed by atoms with Crippen LogP contribution in [0.5, 0.6) is 0 Å². The zero-order valence-electron chi connectivity index (χ0n) is 29.8. The molecule has 0 atom stereocenters. The Hall–Kier alpha value is -4.26. The van der Waals surface area contributed by atoms with Crippen molar-refractivity contribution in [2.75, 3.05) is 0 Å². The van der Waals surface area contributed by atoms with Crippen LogP contribution in [0.4, 0.5) is 0 Å². The first-order valence-corrected chi connectivity index (χ1v) is 16.8. The summed E-state index contributed by atoms with van der Waals surface area (Å²) in [6, 6.07) is 22.7. The summed E-state index contributed by atoms with van der Waals surface area (Å²) in [6.45, 7) is 27.7. The average molecular weight is 599 g/mol. The van der Waals surface area contributed by atoms with Crippen LogP contribution in [0.15, 0.2) is 60.7 Å². The summed E-state index contributed by atoms with van der Waals surface area (Å²) in [6.07, 6.45) is 0. The summed E-state index contributed by atoms with van der Waals surface area (Å²) in [4.78, 5) is 0. The van der Waals surface area contributed by atoms with Gasteiger partial charge < -0.3 is 0 Å². The second kappa shape index (κ2) is 9.63. The lowest BCUT2D eigenvalue weighted by Crippen LogP contribution is -2.23. The molecule has 0 bridgehead atoms. The largest absolute Gasteiger partial charge is 0.0920 e. The lowest BCUT2D eigenvalue weighted by Gasteiger charge is -2.33. The van der Waals surface area contributed by atoms with Gasteiger partial charge in [0.1, 0.15) is 0 Å². The third-order valence-corrected chi connectivity index (χ3v) is 9.52. The van der Waals surface area contributed by atoms with Crippen molar-refractivity contribution < 1.29 is 0 Å². The van der Waals surface area contributed by atoms with Gasteiger partial charge in [-0.3, -0.25) is 0 Å². The molecule has 0 heterocycles. The van der Waals surface area contributed by atoms with E-state index in [0.29, 0.717) is 0 Å². The van der Waals surface area contributed by atoms with Crippen LogP contribution in [0, 0.1) is 29.1 Å². The molecule has 0 aromatic heterocycles. The molecule has 0 aliphatic rings. The number of hydrogen-bond donors (Lipinski definition) is 0. The molecule has 0 heteroatoms. The minimum atomic E-state index is -0.0942. The maximum absolute atomic E-state index is 3.75.